The van der Waals surface area contributed by atoms with Crippen LogP contribution in [0.25, 0.3) is 0 Å². The highest BCUT2D eigenvalue weighted by Gasteiger charge is 2.63. The summed E-state index contributed by atoms with van der Waals surface area (Å²) in [6, 6.07) is -0.247. The van der Waals surface area contributed by atoms with Crippen molar-refractivity contribution in [2.45, 2.75) is 25.0 Å². The van der Waals surface area contributed by atoms with Crippen LogP contribution in [0.3, 0.4) is 0 Å². The Morgan fingerprint density at radius 3 is 2.83 bits per heavy atom. The summed E-state index contributed by atoms with van der Waals surface area (Å²) in [5.41, 5.74) is -0.980. The summed E-state index contributed by atoms with van der Waals surface area (Å²) in [5.74, 6) is -1.97. The Kier molecular flexibility index (Phi) is 1.99. The van der Waals surface area contributed by atoms with Crippen molar-refractivity contribution >= 4 is 18.0 Å². The number of cyclic esters (lactones) is 2. The number of aliphatic carboxylic acids is 1. The Morgan fingerprint density at radius 1 is 1.56 bits per heavy atom. The van der Waals surface area contributed by atoms with Gasteiger partial charge in [-0.3, -0.25) is 4.79 Å². The topological polar surface area (TPSA) is 93.1 Å². The fourth-order valence-electron chi connectivity index (χ4n) is 2.88. The van der Waals surface area contributed by atoms with Gasteiger partial charge in [0.25, 0.3) is 0 Å². The molecule has 18 heavy (non-hydrogen) atoms. The minimum Gasteiger partial charge on any atom is -0.477 e. The number of carboxylic acid groups (broad SMARTS) is 1. The average molecular weight is 253 g/mol. The van der Waals surface area contributed by atoms with Gasteiger partial charge in [-0.25, -0.2) is 9.59 Å². The van der Waals surface area contributed by atoms with Crippen LogP contribution >= 0.6 is 0 Å². The van der Waals surface area contributed by atoms with Gasteiger partial charge in [0.2, 0.25) is 5.91 Å². The first-order valence-corrected chi connectivity index (χ1v) is 5.56. The molecule has 0 aromatic rings. The molecule has 0 bridgehead atoms. The van der Waals surface area contributed by atoms with Crippen LogP contribution in [-0.4, -0.2) is 46.3 Å². The van der Waals surface area contributed by atoms with Gasteiger partial charge in [-0.1, -0.05) is 6.08 Å². The van der Waals surface area contributed by atoms with Crippen LogP contribution in [0.5, 0.6) is 0 Å². The van der Waals surface area contributed by atoms with E-state index in [2.05, 4.69) is 0 Å². The third-order valence-electron chi connectivity index (χ3n) is 3.70. The molecule has 2 fully saturated rings. The van der Waals surface area contributed by atoms with E-state index < -0.39 is 23.6 Å². The Balaban J connectivity index is 1.82. The molecule has 96 valence electrons. The first kappa shape index (κ1) is 11.1. The van der Waals surface area contributed by atoms with E-state index in [1.54, 1.807) is 6.92 Å². The van der Waals surface area contributed by atoms with Gasteiger partial charge in [-0.05, 0) is 13.3 Å². The highest BCUT2D eigenvalue weighted by Crippen LogP contribution is 2.46. The summed E-state index contributed by atoms with van der Waals surface area (Å²) < 4.78 is 9.78. The van der Waals surface area contributed by atoms with Crippen LogP contribution in [0.15, 0.2) is 11.8 Å². The van der Waals surface area contributed by atoms with E-state index in [4.69, 9.17) is 14.6 Å². The zero-order valence-electron chi connectivity index (χ0n) is 9.58. The van der Waals surface area contributed by atoms with Crippen molar-refractivity contribution in [2.24, 2.45) is 5.92 Å². The molecule has 3 heterocycles. The smallest absolute Gasteiger partial charge is 0.477 e. The predicted molar refractivity (Wildman–Crippen MR) is 55.3 cm³/mol. The van der Waals surface area contributed by atoms with Crippen molar-refractivity contribution in [1.29, 1.82) is 0 Å². The summed E-state index contributed by atoms with van der Waals surface area (Å²) in [4.78, 5) is 35.2. The first-order valence-electron chi connectivity index (χ1n) is 5.56. The number of amides is 1. The number of fused-ring (bicyclic) bond motifs is 1. The molecule has 0 saturated carbocycles. The zero-order valence-corrected chi connectivity index (χ0v) is 9.58. The lowest BCUT2D eigenvalue weighted by molar-refractivity contribution is -0.168. The maximum Gasteiger partial charge on any atom is 0.509 e. The summed E-state index contributed by atoms with van der Waals surface area (Å²) in [6.45, 7) is 1.66. The molecular weight excluding hydrogens is 242 g/mol. The minimum atomic E-state index is -1.12. The van der Waals surface area contributed by atoms with Gasteiger partial charge in [0, 0.05) is 0 Å². The van der Waals surface area contributed by atoms with Crippen molar-refractivity contribution in [3.8, 4) is 0 Å². The predicted octanol–water partition coefficient (Wildman–Crippen LogP) is 0.111. The number of β-lactam (4-membered cyclic amide) rings is 1. The maximum atomic E-state index is 12.0. The number of carboxylic acids is 1. The van der Waals surface area contributed by atoms with Gasteiger partial charge in [-0.15, -0.1) is 0 Å². The van der Waals surface area contributed by atoms with E-state index in [-0.39, 0.29) is 24.3 Å². The summed E-state index contributed by atoms with van der Waals surface area (Å²) >= 11 is 0. The number of nitrogens with zero attached hydrogens (tertiary/aromatic N) is 1. The van der Waals surface area contributed by atoms with Crippen molar-refractivity contribution < 1.29 is 29.0 Å². The summed E-state index contributed by atoms with van der Waals surface area (Å²) in [5, 5.41) is 8.94. The number of carbonyl (C=O) groups is 3. The van der Waals surface area contributed by atoms with Gasteiger partial charge in [0.05, 0.1) is 6.04 Å². The Labute approximate surface area is 102 Å². The highest BCUT2D eigenvalue weighted by molar-refractivity contribution is 5.99. The van der Waals surface area contributed by atoms with Crippen molar-refractivity contribution in [1.82, 2.24) is 4.90 Å². The van der Waals surface area contributed by atoms with Gasteiger partial charge in [-0.2, -0.15) is 0 Å². The Morgan fingerprint density at radius 2 is 2.28 bits per heavy atom. The minimum absolute atomic E-state index is 0.00934. The van der Waals surface area contributed by atoms with Crippen molar-refractivity contribution in [2.75, 3.05) is 6.61 Å². The van der Waals surface area contributed by atoms with Crippen LogP contribution in [0.4, 0.5) is 4.79 Å². The lowest BCUT2D eigenvalue weighted by Crippen LogP contribution is -2.66. The van der Waals surface area contributed by atoms with Crippen LogP contribution in [-0.2, 0) is 19.1 Å². The molecule has 3 aliphatic rings. The maximum absolute atomic E-state index is 12.0. The molecule has 3 aliphatic heterocycles. The molecule has 3 rings (SSSR count). The summed E-state index contributed by atoms with van der Waals surface area (Å²) in [6.07, 6.45) is 1.20. The van der Waals surface area contributed by atoms with E-state index in [0.29, 0.717) is 6.42 Å². The molecular formula is C11H11NO6. The van der Waals surface area contributed by atoms with Crippen LogP contribution in [0, 0.1) is 5.92 Å². The van der Waals surface area contributed by atoms with Crippen molar-refractivity contribution in [3.05, 3.63) is 11.8 Å². The Bertz CT molecular complexity index is 498. The van der Waals surface area contributed by atoms with E-state index >= 15 is 0 Å². The van der Waals surface area contributed by atoms with Gasteiger partial charge in [0.1, 0.15) is 18.2 Å². The van der Waals surface area contributed by atoms with Gasteiger partial charge in [0.15, 0.2) is 5.60 Å². The number of carbonyl (C=O) groups excluding carboxylic acids is 2. The lowest BCUT2D eigenvalue weighted by Gasteiger charge is -2.48. The third kappa shape index (κ3) is 1.21. The molecule has 0 radical (unpaired) electrons. The SMILES string of the molecule is C[C@@]1([C@@H]2C(=O)N3C(C(=O)O)=CC[C@@H]23)COC(=O)O1. The largest absolute Gasteiger partial charge is 0.509 e. The van der Waals surface area contributed by atoms with Gasteiger partial charge >= 0.3 is 12.1 Å². The van der Waals surface area contributed by atoms with Crippen LogP contribution < -0.4 is 0 Å². The fraction of sp³-hybridized carbons (Fsp3) is 0.545. The summed E-state index contributed by atoms with van der Waals surface area (Å²) in [7, 11) is 0. The van der Waals surface area contributed by atoms with Crippen molar-refractivity contribution in [3.63, 3.8) is 0 Å². The first-order chi connectivity index (χ1) is 8.44. The highest BCUT2D eigenvalue weighted by atomic mass is 16.8. The third-order valence-corrected chi connectivity index (χ3v) is 3.70. The molecule has 2 saturated heterocycles. The molecule has 0 aromatic carbocycles. The quantitative estimate of drug-likeness (QED) is 0.554. The second-order valence-electron chi connectivity index (χ2n) is 4.84. The fourth-order valence-corrected chi connectivity index (χ4v) is 2.88. The van der Waals surface area contributed by atoms with E-state index in [1.807, 2.05) is 0 Å². The second-order valence-corrected chi connectivity index (χ2v) is 4.84. The average Bonchev–Trinajstić information content (AvgIpc) is 2.80. The number of ether oxygens (including phenoxy) is 2. The molecule has 1 N–H and O–H groups in total. The van der Waals surface area contributed by atoms with Crippen LogP contribution in [0.2, 0.25) is 0 Å². The number of rotatable bonds is 2. The van der Waals surface area contributed by atoms with E-state index in [9.17, 15) is 14.4 Å². The molecule has 0 aromatic heterocycles. The number of hydrogen-bond acceptors (Lipinski definition) is 5. The zero-order chi connectivity index (χ0) is 13.1. The molecule has 0 spiro atoms. The van der Waals surface area contributed by atoms with Gasteiger partial charge < -0.3 is 19.5 Å². The molecule has 1 amide bonds. The molecule has 7 heteroatoms. The molecule has 0 aliphatic carbocycles. The monoisotopic (exact) mass is 253 g/mol. The van der Waals surface area contributed by atoms with E-state index in [0.717, 1.165) is 0 Å². The van der Waals surface area contributed by atoms with Crippen LogP contribution in [0.1, 0.15) is 13.3 Å². The standard InChI is InChI=1S/C11H11NO6/c1-11(4-17-10(16)18-11)7-5-2-3-6(9(14)15)12(5)8(7)13/h3,5,7H,2,4H2,1H3,(H,14,15)/t5-,7-,11-/m0/s1. The van der Waals surface area contributed by atoms with E-state index in [1.165, 1.54) is 11.0 Å². The second kappa shape index (κ2) is 3.24. The molecule has 0 unspecified atom stereocenters. The molecule has 7 nitrogen and oxygen atoms in total. The normalized spacial score (nSPS) is 37.6. The Hall–Kier alpha value is -2.05. The lowest BCUT2D eigenvalue weighted by atomic mass is 9.75. The molecule has 3 atom stereocenters. The number of hydrogen-bond donors (Lipinski definition) is 1.